The molecule has 0 bridgehead atoms. The molecule has 0 atom stereocenters. The minimum atomic E-state index is -0.180. The molecule has 0 unspecified atom stereocenters. The highest BCUT2D eigenvalue weighted by atomic mass is 16.5. The number of amides is 2. The molecule has 0 saturated carbocycles. The maximum atomic E-state index is 12.4. The number of hydrogen-bond acceptors (Lipinski definition) is 5. The van der Waals surface area contributed by atoms with Crippen molar-refractivity contribution in [3.05, 3.63) is 24.3 Å². The van der Waals surface area contributed by atoms with Crippen LogP contribution in [0.15, 0.2) is 24.3 Å². The molecule has 216 valence electrons. The van der Waals surface area contributed by atoms with E-state index < -0.39 is 0 Å². The van der Waals surface area contributed by atoms with Gasteiger partial charge in [0.05, 0.1) is 44.2 Å². The van der Waals surface area contributed by atoms with E-state index >= 15 is 0 Å². The summed E-state index contributed by atoms with van der Waals surface area (Å²) in [7, 11) is 0. The minimum absolute atomic E-state index is 0.0251. The van der Waals surface area contributed by atoms with Gasteiger partial charge in [0.1, 0.15) is 5.78 Å². The Kier molecular flexibility index (Phi) is 21.2. The largest absolute Gasteiger partial charge is 0.379 e. The van der Waals surface area contributed by atoms with Crippen molar-refractivity contribution in [1.29, 1.82) is 0 Å². The molecule has 0 aliphatic carbocycles. The molecule has 2 N–H and O–H groups in total. The number of benzene rings is 1. The van der Waals surface area contributed by atoms with Crippen molar-refractivity contribution in [2.24, 2.45) is 0 Å². The van der Waals surface area contributed by atoms with Crippen LogP contribution in [0, 0.1) is 0 Å². The van der Waals surface area contributed by atoms with E-state index in [1.165, 1.54) is 77.6 Å². The van der Waals surface area contributed by atoms with Crippen molar-refractivity contribution < 1.29 is 23.9 Å². The Morgan fingerprint density at radius 3 is 1.47 bits per heavy atom. The zero-order valence-electron chi connectivity index (χ0n) is 24.0. The SMILES string of the molecule is CCCCCCCCCCCCCCCC(=O)Nc1ccccc1NC(=O)CCOCCOCCC(C)=O. The number of ether oxygens (including phenoxy) is 2. The Hall–Kier alpha value is -2.25. The number of Topliss-reactive ketones (excluding diaryl/α,β-unsaturated/α-hetero) is 1. The molecule has 0 aliphatic rings. The molecule has 38 heavy (non-hydrogen) atoms. The van der Waals surface area contributed by atoms with Gasteiger partial charge in [0, 0.05) is 12.8 Å². The van der Waals surface area contributed by atoms with Crippen molar-refractivity contribution in [2.75, 3.05) is 37.1 Å². The number of unbranched alkanes of at least 4 members (excludes halogenated alkanes) is 12. The summed E-state index contributed by atoms with van der Waals surface area (Å²) in [6, 6.07) is 7.24. The molecule has 0 radical (unpaired) electrons. The Balaban J connectivity index is 2.11. The van der Waals surface area contributed by atoms with Crippen LogP contribution in [0.1, 0.15) is 117 Å². The van der Waals surface area contributed by atoms with Gasteiger partial charge in [-0.25, -0.2) is 0 Å². The van der Waals surface area contributed by atoms with Crippen LogP contribution < -0.4 is 10.6 Å². The van der Waals surface area contributed by atoms with Crippen LogP contribution in [0.2, 0.25) is 0 Å². The van der Waals surface area contributed by atoms with Crippen LogP contribution in [0.3, 0.4) is 0 Å². The summed E-state index contributed by atoms with van der Waals surface area (Å²) >= 11 is 0. The number of nitrogens with one attached hydrogen (secondary N) is 2. The standard InChI is InChI=1S/C31H52N2O5/c1-3-4-5-6-7-8-9-10-11-12-13-14-15-20-30(35)32-28-18-16-17-19-29(28)33-31(36)22-24-38-26-25-37-23-21-27(2)34/h16-19H,3-15,20-26H2,1-2H3,(H,32,35)(H,33,36). The summed E-state index contributed by atoms with van der Waals surface area (Å²) in [6.07, 6.45) is 17.7. The third-order valence-corrected chi connectivity index (χ3v) is 6.43. The lowest BCUT2D eigenvalue weighted by Gasteiger charge is -2.12. The minimum Gasteiger partial charge on any atom is -0.379 e. The Morgan fingerprint density at radius 2 is 1.00 bits per heavy atom. The summed E-state index contributed by atoms with van der Waals surface area (Å²) in [6.45, 7) is 5.22. The molecule has 7 nitrogen and oxygen atoms in total. The Bertz CT molecular complexity index is 768. The first-order valence-electron chi connectivity index (χ1n) is 14.9. The molecule has 0 saturated heterocycles. The third kappa shape index (κ3) is 19.8. The molecule has 1 aromatic rings. The fourth-order valence-corrected chi connectivity index (χ4v) is 4.13. The van der Waals surface area contributed by atoms with Gasteiger partial charge in [-0.1, -0.05) is 96.1 Å². The van der Waals surface area contributed by atoms with Gasteiger partial charge in [-0.3, -0.25) is 14.4 Å². The second-order valence-corrected chi connectivity index (χ2v) is 10.1. The zero-order valence-corrected chi connectivity index (χ0v) is 24.0. The fraction of sp³-hybridized carbons (Fsp3) is 0.710. The molecule has 2 amide bonds. The van der Waals surface area contributed by atoms with E-state index in [-0.39, 0.29) is 30.6 Å². The van der Waals surface area contributed by atoms with Crippen molar-refractivity contribution in [3.63, 3.8) is 0 Å². The van der Waals surface area contributed by atoms with Crippen LogP contribution in [0.4, 0.5) is 11.4 Å². The van der Waals surface area contributed by atoms with Crippen molar-refractivity contribution in [3.8, 4) is 0 Å². The summed E-state index contributed by atoms with van der Waals surface area (Å²) in [5.41, 5.74) is 1.20. The predicted octanol–water partition coefficient (Wildman–Crippen LogP) is 7.45. The van der Waals surface area contributed by atoms with Gasteiger partial charge in [-0.2, -0.15) is 0 Å². The first kappa shape index (κ1) is 33.8. The topological polar surface area (TPSA) is 93.7 Å². The molecule has 7 heteroatoms. The first-order valence-corrected chi connectivity index (χ1v) is 14.9. The number of carbonyl (C=O) groups is 3. The van der Waals surface area contributed by atoms with Gasteiger partial charge < -0.3 is 20.1 Å². The van der Waals surface area contributed by atoms with Crippen LogP contribution in [0.25, 0.3) is 0 Å². The van der Waals surface area contributed by atoms with Crippen molar-refractivity contribution in [2.45, 2.75) is 117 Å². The molecular formula is C31H52N2O5. The van der Waals surface area contributed by atoms with E-state index in [9.17, 15) is 14.4 Å². The van der Waals surface area contributed by atoms with Gasteiger partial charge in [-0.05, 0) is 25.5 Å². The molecule has 0 spiro atoms. The smallest absolute Gasteiger partial charge is 0.226 e. The van der Waals surface area contributed by atoms with E-state index in [2.05, 4.69) is 17.6 Å². The number of hydrogen-bond donors (Lipinski definition) is 2. The summed E-state index contributed by atoms with van der Waals surface area (Å²) < 4.78 is 10.7. The number of para-hydroxylation sites is 2. The highest BCUT2D eigenvalue weighted by Crippen LogP contribution is 2.22. The zero-order chi connectivity index (χ0) is 27.7. The summed E-state index contributed by atoms with van der Waals surface area (Å²) in [5, 5.41) is 5.79. The maximum absolute atomic E-state index is 12.4. The van der Waals surface area contributed by atoms with Gasteiger partial charge in [0.15, 0.2) is 0 Å². The molecule has 1 aromatic carbocycles. The van der Waals surface area contributed by atoms with Crippen LogP contribution in [0.5, 0.6) is 0 Å². The number of rotatable bonds is 25. The monoisotopic (exact) mass is 532 g/mol. The Labute approximate surface area is 230 Å². The van der Waals surface area contributed by atoms with Gasteiger partial charge in [0.2, 0.25) is 11.8 Å². The number of anilines is 2. The lowest BCUT2D eigenvalue weighted by molar-refractivity contribution is -0.119. The van der Waals surface area contributed by atoms with Gasteiger partial charge in [0.25, 0.3) is 0 Å². The maximum Gasteiger partial charge on any atom is 0.226 e. The van der Waals surface area contributed by atoms with Crippen LogP contribution in [-0.4, -0.2) is 44.0 Å². The van der Waals surface area contributed by atoms with Crippen LogP contribution in [-0.2, 0) is 23.9 Å². The Morgan fingerprint density at radius 1 is 0.579 bits per heavy atom. The van der Waals surface area contributed by atoms with Gasteiger partial charge >= 0.3 is 0 Å². The highest BCUT2D eigenvalue weighted by molar-refractivity contribution is 5.99. The van der Waals surface area contributed by atoms with Crippen LogP contribution >= 0.6 is 0 Å². The third-order valence-electron chi connectivity index (χ3n) is 6.43. The van der Waals surface area contributed by atoms with E-state index in [4.69, 9.17) is 9.47 Å². The second kappa shape index (κ2) is 23.8. The quantitative estimate of drug-likeness (QED) is 0.128. The lowest BCUT2D eigenvalue weighted by Crippen LogP contribution is -2.18. The first-order chi connectivity index (χ1) is 18.5. The number of ketones is 1. The number of carbonyl (C=O) groups excluding carboxylic acids is 3. The van der Waals surface area contributed by atoms with E-state index in [1.54, 1.807) is 12.1 Å². The van der Waals surface area contributed by atoms with E-state index in [0.717, 1.165) is 12.8 Å². The molecule has 1 rings (SSSR count). The summed E-state index contributed by atoms with van der Waals surface area (Å²) in [4.78, 5) is 35.6. The van der Waals surface area contributed by atoms with E-state index in [0.29, 0.717) is 44.0 Å². The fourth-order valence-electron chi connectivity index (χ4n) is 4.13. The second-order valence-electron chi connectivity index (χ2n) is 10.1. The summed E-state index contributed by atoms with van der Waals surface area (Å²) in [5.74, 6) is -0.109. The van der Waals surface area contributed by atoms with Crippen molar-refractivity contribution >= 4 is 29.0 Å². The van der Waals surface area contributed by atoms with Crippen molar-refractivity contribution in [1.82, 2.24) is 0 Å². The molecule has 0 aromatic heterocycles. The highest BCUT2D eigenvalue weighted by Gasteiger charge is 2.09. The predicted molar refractivity (Wildman–Crippen MR) is 156 cm³/mol. The molecule has 0 fully saturated rings. The average Bonchev–Trinajstić information content (AvgIpc) is 2.89. The molecule has 0 heterocycles. The average molecular weight is 533 g/mol. The van der Waals surface area contributed by atoms with E-state index in [1.807, 2.05) is 12.1 Å². The normalized spacial score (nSPS) is 10.9. The van der Waals surface area contributed by atoms with Gasteiger partial charge in [-0.15, -0.1) is 0 Å². The molecule has 0 aliphatic heterocycles. The lowest BCUT2D eigenvalue weighted by atomic mass is 10.0. The molecular weight excluding hydrogens is 480 g/mol.